The molecule has 1 N–H and O–H groups in total. The van der Waals surface area contributed by atoms with Crippen molar-refractivity contribution in [1.29, 1.82) is 0 Å². The van der Waals surface area contributed by atoms with Gasteiger partial charge in [-0.2, -0.15) is 0 Å². The Labute approximate surface area is 136 Å². The molecule has 1 unspecified atom stereocenters. The Bertz CT molecular complexity index is 699. The van der Waals surface area contributed by atoms with Crippen LogP contribution in [0.25, 0.3) is 10.8 Å². The topological polar surface area (TPSA) is 45.2 Å². The molecule has 23 heavy (non-hydrogen) atoms. The van der Waals surface area contributed by atoms with Gasteiger partial charge in [0.05, 0.1) is 5.92 Å². The lowest BCUT2D eigenvalue weighted by Gasteiger charge is -2.30. The number of carbonyl (C=O) groups is 1. The maximum absolute atomic E-state index is 13.0. The fraction of sp³-hybridized carbons (Fsp3) is 0.474. The molecule has 1 aliphatic heterocycles. The zero-order valence-electron chi connectivity index (χ0n) is 13.4. The molecule has 0 bridgehead atoms. The van der Waals surface area contributed by atoms with Crippen molar-refractivity contribution in [2.45, 2.75) is 38.3 Å². The minimum absolute atomic E-state index is 0.154. The van der Waals surface area contributed by atoms with E-state index in [1.54, 1.807) is 0 Å². The summed E-state index contributed by atoms with van der Waals surface area (Å²) in [4.78, 5) is 19.3. The van der Waals surface area contributed by atoms with E-state index in [0.29, 0.717) is 11.9 Å². The van der Waals surface area contributed by atoms with Crippen LogP contribution in [0.1, 0.15) is 31.2 Å². The number of carbonyl (C=O) groups excluding carboxylic acids is 1. The molecule has 4 rings (SSSR count). The van der Waals surface area contributed by atoms with Crippen LogP contribution in [0.4, 0.5) is 0 Å². The zero-order valence-corrected chi connectivity index (χ0v) is 13.4. The van der Waals surface area contributed by atoms with Gasteiger partial charge in [0.2, 0.25) is 5.91 Å². The second-order valence-corrected chi connectivity index (χ2v) is 6.75. The second-order valence-electron chi connectivity index (χ2n) is 6.75. The van der Waals surface area contributed by atoms with Crippen LogP contribution in [0, 0.1) is 5.92 Å². The van der Waals surface area contributed by atoms with Gasteiger partial charge in [0.25, 0.3) is 0 Å². The zero-order chi connectivity index (χ0) is 15.6. The van der Waals surface area contributed by atoms with Gasteiger partial charge in [-0.05, 0) is 49.2 Å². The highest BCUT2D eigenvalue weighted by Crippen LogP contribution is 2.32. The van der Waals surface area contributed by atoms with Gasteiger partial charge in [-0.15, -0.1) is 0 Å². The largest absolute Gasteiger partial charge is 0.335 e. The van der Waals surface area contributed by atoms with Crippen molar-refractivity contribution in [3.8, 4) is 0 Å². The first kappa shape index (κ1) is 14.6. The lowest BCUT2D eigenvalue weighted by Crippen LogP contribution is -2.43. The average Bonchev–Trinajstić information content (AvgIpc) is 3.45. The molecular weight excluding hydrogens is 286 g/mol. The highest BCUT2D eigenvalue weighted by Gasteiger charge is 2.36. The van der Waals surface area contributed by atoms with Gasteiger partial charge in [-0.1, -0.05) is 18.2 Å². The summed E-state index contributed by atoms with van der Waals surface area (Å²) in [5.41, 5.74) is 1.23. The highest BCUT2D eigenvalue weighted by atomic mass is 16.2. The number of hydrogen-bond donors (Lipinski definition) is 1. The lowest BCUT2D eigenvalue weighted by atomic mass is 9.97. The van der Waals surface area contributed by atoms with Crippen molar-refractivity contribution in [1.82, 2.24) is 15.2 Å². The molecule has 1 amide bonds. The normalized spacial score (nSPS) is 21.3. The number of rotatable bonds is 4. The van der Waals surface area contributed by atoms with Crippen molar-refractivity contribution >= 4 is 16.7 Å². The second kappa shape index (κ2) is 6.28. The standard InChI is InChI=1S/C19H23N3O/c23-19(15-5-2-9-20-12-15)22(17-6-7-17)13-16-4-1-3-14-11-21-10-8-18(14)16/h1,3-4,8,10-11,15,17,20H,2,5-7,9,12-13H2. The molecular formula is C19H23N3O. The first-order valence-electron chi connectivity index (χ1n) is 8.66. The van der Waals surface area contributed by atoms with E-state index in [2.05, 4.69) is 39.5 Å². The third-order valence-electron chi connectivity index (χ3n) is 5.03. The highest BCUT2D eigenvalue weighted by molar-refractivity contribution is 5.86. The Morgan fingerprint density at radius 2 is 2.17 bits per heavy atom. The summed E-state index contributed by atoms with van der Waals surface area (Å²) in [5.74, 6) is 0.492. The molecule has 0 radical (unpaired) electrons. The van der Waals surface area contributed by atoms with Gasteiger partial charge in [-0.25, -0.2) is 0 Å². The third-order valence-corrected chi connectivity index (χ3v) is 5.03. The summed E-state index contributed by atoms with van der Waals surface area (Å²) >= 11 is 0. The van der Waals surface area contributed by atoms with Crippen LogP contribution in [0.15, 0.2) is 36.7 Å². The Kier molecular flexibility index (Phi) is 4.00. The smallest absolute Gasteiger partial charge is 0.227 e. The molecule has 1 atom stereocenters. The van der Waals surface area contributed by atoms with E-state index >= 15 is 0 Å². The van der Waals surface area contributed by atoms with E-state index in [4.69, 9.17) is 0 Å². The fourth-order valence-electron chi connectivity index (χ4n) is 3.58. The summed E-state index contributed by atoms with van der Waals surface area (Å²) in [6.45, 7) is 2.60. The van der Waals surface area contributed by atoms with E-state index in [1.807, 2.05) is 12.4 Å². The van der Waals surface area contributed by atoms with Crippen molar-refractivity contribution in [3.05, 3.63) is 42.2 Å². The number of amides is 1. The van der Waals surface area contributed by atoms with E-state index in [1.165, 1.54) is 10.9 Å². The van der Waals surface area contributed by atoms with Crippen molar-refractivity contribution in [2.75, 3.05) is 13.1 Å². The van der Waals surface area contributed by atoms with Gasteiger partial charge in [0.1, 0.15) is 0 Å². The molecule has 4 nitrogen and oxygen atoms in total. The third kappa shape index (κ3) is 3.08. The van der Waals surface area contributed by atoms with Gasteiger partial charge >= 0.3 is 0 Å². The Morgan fingerprint density at radius 1 is 1.26 bits per heavy atom. The van der Waals surface area contributed by atoms with Crippen LogP contribution in [-0.2, 0) is 11.3 Å². The summed E-state index contributed by atoms with van der Waals surface area (Å²) < 4.78 is 0. The Morgan fingerprint density at radius 3 is 2.96 bits per heavy atom. The minimum Gasteiger partial charge on any atom is -0.335 e. The molecule has 1 saturated carbocycles. The molecule has 2 heterocycles. The quantitative estimate of drug-likeness (QED) is 0.944. The Hall–Kier alpha value is -1.94. The van der Waals surface area contributed by atoms with Gasteiger partial charge in [-0.3, -0.25) is 9.78 Å². The van der Waals surface area contributed by atoms with Crippen LogP contribution in [0.5, 0.6) is 0 Å². The van der Waals surface area contributed by atoms with Crippen molar-refractivity contribution < 1.29 is 4.79 Å². The number of aromatic nitrogens is 1. The summed E-state index contributed by atoms with van der Waals surface area (Å²) in [6, 6.07) is 8.80. The maximum Gasteiger partial charge on any atom is 0.227 e. The predicted molar refractivity (Wildman–Crippen MR) is 90.9 cm³/mol. The molecule has 120 valence electrons. The molecule has 2 aromatic rings. The van der Waals surface area contributed by atoms with Crippen LogP contribution < -0.4 is 5.32 Å². The number of nitrogens with one attached hydrogen (secondary N) is 1. The number of benzene rings is 1. The summed E-state index contributed by atoms with van der Waals surface area (Å²) in [7, 11) is 0. The minimum atomic E-state index is 0.154. The molecule has 4 heteroatoms. The lowest BCUT2D eigenvalue weighted by molar-refractivity contribution is -0.137. The summed E-state index contributed by atoms with van der Waals surface area (Å²) in [5, 5.41) is 5.72. The van der Waals surface area contributed by atoms with Crippen molar-refractivity contribution in [2.24, 2.45) is 5.92 Å². The van der Waals surface area contributed by atoms with Crippen LogP contribution in [0.2, 0.25) is 0 Å². The van der Waals surface area contributed by atoms with E-state index in [-0.39, 0.29) is 5.92 Å². The average molecular weight is 309 g/mol. The van der Waals surface area contributed by atoms with Crippen molar-refractivity contribution in [3.63, 3.8) is 0 Å². The monoisotopic (exact) mass is 309 g/mol. The maximum atomic E-state index is 13.0. The SMILES string of the molecule is O=C(C1CCCNC1)N(Cc1cccc2cnccc12)C1CC1. The molecule has 1 saturated heterocycles. The number of piperidine rings is 1. The molecule has 1 aromatic carbocycles. The van der Waals surface area contributed by atoms with Gasteiger partial charge in [0, 0.05) is 36.9 Å². The number of fused-ring (bicyclic) bond motifs is 1. The molecule has 1 aromatic heterocycles. The van der Waals surface area contributed by atoms with Gasteiger partial charge < -0.3 is 10.2 Å². The van der Waals surface area contributed by atoms with E-state index < -0.39 is 0 Å². The predicted octanol–water partition coefficient (Wildman–Crippen LogP) is 2.73. The molecule has 2 aliphatic rings. The Balaban J connectivity index is 1.59. The molecule has 1 aliphatic carbocycles. The van der Waals surface area contributed by atoms with Crippen LogP contribution in [-0.4, -0.2) is 34.9 Å². The summed E-state index contributed by atoms with van der Waals surface area (Å²) in [6.07, 6.45) is 8.16. The van der Waals surface area contributed by atoms with E-state index in [0.717, 1.165) is 50.7 Å². The first-order chi connectivity index (χ1) is 11.3. The number of nitrogens with zero attached hydrogens (tertiary/aromatic N) is 2. The van der Waals surface area contributed by atoms with Crippen LogP contribution in [0.3, 0.4) is 0 Å². The fourth-order valence-corrected chi connectivity index (χ4v) is 3.58. The van der Waals surface area contributed by atoms with Crippen LogP contribution >= 0.6 is 0 Å². The molecule has 0 spiro atoms. The van der Waals surface area contributed by atoms with Gasteiger partial charge in [0.15, 0.2) is 0 Å². The first-order valence-corrected chi connectivity index (χ1v) is 8.66. The van der Waals surface area contributed by atoms with E-state index in [9.17, 15) is 4.79 Å². The molecule has 2 fully saturated rings. The number of hydrogen-bond acceptors (Lipinski definition) is 3. The number of pyridine rings is 1.